The van der Waals surface area contributed by atoms with Gasteiger partial charge in [0.1, 0.15) is 16.3 Å². The highest BCUT2D eigenvalue weighted by atomic mass is 32.2. The third-order valence-electron chi connectivity index (χ3n) is 10.1. The van der Waals surface area contributed by atoms with Crippen molar-refractivity contribution in [3.8, 4) is 0 Å². The van der Waals surface area contributed by atoms with Crippen LogP contribution in [-0.2, 0) is 34.7 Å². The molecule has 4 rings (SSSR count). The van der Waals surface area contributed by atoms with Gasteiger partial charge in [0.15, 0.2) is 26.6 Å². The number of carbonyl (C=O) groups excluding carboxylic acids is 3. The normalized spacial score (nSPS) is 21.5. The Kier molecular flexibility index (Phi) is 17.0. The van der Waals surface area contributed by atoms with E-state index in [-0.39, 0.29) is 33.4 Å². The summed E-state index contributed by atoms with van der Waals surface area (Å²) in [6, 6.07) is 24.5. The Bertz CT molecular complexity index is 1800. The summed E-state index contributed by atoms with van der Waals surface area (Å²) >= 11 is -0.262. The van der Waals surface area contributed by atoms with Crippen LogP contribution in [0.4, 0.5) is 0 Å². The van der Waals surface area contributed by atoms with E-state index >= 15 is 0 Å². The quantitative estimate of drug-likeness (QED) is 0.0432. The fourth-order valence-corrected chi connectivity index (χ4v) is 9.12. The Hall–Kier alpha value is -3.69. The number of thioether (sulfide) groups is 1. The van der Waals surface area contributed by atoms with Gasteiger partial charge in [-0.3, -0.25) is 0 Å². The summed E-state index contributed by atoms with van der Waals surface area (Å²) in [6.45, 7) is 24.7. The molecule has 0 aliphatic carbocycles. The number of hydrogen-bond acceptors (Lipinski definition) is 11. The number of esters is 3. The van der Waals surface area contributed by atoms with Crippen molar-refractivity contribution in [1.29, 1.82) is 0 Å². The predicted molar refractivity (Wildman–Crippen MR) is 235 cm³/mol. The molecule has 1 fully saturated rings. The molecule has 8 atom stereocenters. The number of allylic oxidation sites excluding steroid dienone is 1. The summed E-state index contributed by atoms with van der Waals surface area (Å²) in [5.74, 6) is -2.15. The molecule has 0 saturated carbocycles. The zero-order chi connectivity index (χ0) is 42.7. The summed E-state index contributed by atoms with van der Waals surface area (Å²) in [7, 11) is -2.22. The highest BCUT2D eigenvalue weighted by Crippen LogP contribution is 2.41. The third-order valence-corrected chi connectivity index (χ3v) is 17.6. The smallest absolute Gasteiger partial charge is 0.338 e. The molecule has 3 aromatic rings. The maximum Gasteiger partial charge on any atom is 0.338 e. The monoisotopic (exact) mass is 849 g/mol. The van der Waals surface area contributed by atoms with E-state index in [9.17, 15) is 18.9 Å². The van der Waals surface area contributed by atoms with Crippen molar-refractivity contribution in [3.05, 3.63) is 133 Å². The fraction of sp³-hybridized carbons (Fsp3) is 0.444. The fourth-order valence-electron chi connectivity index (χ4n) is 5.76. The van der Waals surface area contributed by atoms with Crippen LogP contribution in [0.5, 0.6) is 0 Å². The minimum atomic E-state index is -2.22. The van der Waals surface area contributed by atoms with E-state index in [0.717, 1.165) is 0 Å². The van der Waals surface area contributed by atoms with Crippen LogP contribution in [0.25, 0.3) is 0 Å². The third kappa shape index (κ3) is 12.9. The van der Waals surface area contributed by atoms with E-state index in [1.165, 1.54) is 11.8 Å². The lowest BCUT2D eigenvalue weighted by Gasteiger charge is -2.47. The van der Waals surface area contributed by atoms with Gasteiger partial charge in [0.05, 0.1) is 22.7 Å². The largest absolute Gasteiger partial charge is 0.598 e. The van der Waals surface area contributed by atoms with Crippen LogP contribution in [-0.4, -0.2) is 83.3 Å². The molecule has 7 unspecified atom stereocenters. The average molecular weight is 850 g/mol. The first-order chi connectivity index (χ1) is 27.4. The molecular weight excluding hydrogens is 791 g/mol. The zero-order valence-electron chi connectivity index (χ0n) is 34.9. The molecule has 0 amide bonds. The Morgan fingerprint density at radius 1 is 0.759 bits per heavy atom. The number of rotatable bonds is 18. The lowest BCUT2D eigenvalue weighted by atomic mass is 9.92. The molecule has 10 nitrogen and oxygen atoms in total. The van der Waals surface area contributed by atoms with Gasteiger partial charge in [-0.05, 0) is 88.1 Å². The van der Waals surface area contributed by atoms with E-state index in [1.807, 2.05) is 20.8 Å². The van der Waals surface area contributed by atoms with Gasteiger partial charge in [0.25, 0.3) is 0 Å². The Morgan fingerprint density at radius 2 is 1.19 bits per heavy atom. The molecule has 3 aromatic carbocycles. The summed E-state index contributed by atoms with van der Waals surface area (Å²) in [4.78, 5) is 42.2. The maximum absolute atomic E-state index is 14.1. The standard InChI is InChI=1S/C45H59NO9S2Si/c1-11-22-34(30-51-58(9,10)45(6,7)8)56-43-39(54-42(49)33-28-20-15-21-29-33)38(53-41(48)32-26-18-14-19-27-32)37(52-40(47)31-24-16-13-17-25-31)36(55-43)35(23-12-2)46-57(50)44(3,4)5/h11-21,24-29,34-39,43,46H,1-2,22-23,30H2,3-10H3/t34?,35-,36?,37?,38?,39?,43?,57?/m1/s1. The van der Waals surface area contributed by atoms with Gasteiger partial charge in [0.2, 0.25) is 0 Å². The van der Waals surface area contributed by atoms with Crippen LogP contribution in [0.3, 0.4) is 0 Å². The van der Waals surface area contributed by atoms with Crippen LogP contribution in [0.15, 0.2) is 116 Å². The molecule has 0 bridgehead atoms. The molecule has 1 heterocycles. The second kappa shape index (κ2) is 21.0. The van der Waals surface area contributed by atoms with Crippen molar-refractivity contribution in [2.75, 3.05) is 6.61 Å². The first-order valence-corrected chi connectivity index (χ1v) is 24.5. The predicted octanol–water partition coefficient (Wildman–Crippen LogP) is 9.08. The van der Waals surface area contributed by atoms with Crippen molar-refractivity contribution >= 4 is 49.3 Å². The lowest BCUT2D eigenvalue weighted by molar-refractivity contribution is -0.205. The van der Waals surface area contributed by atoms with Gasteiger partial charge in [0, 0.05) is 23.2 Å². The number of ether oxygens (including phenoxy) is 4. The SMILES string of the molecule is C=CCC(CO[Si](C)(C)C(C)(C)C)SC1OC([C@@H](CC=C)N[S+]([O-])C(C)(C)C)C(OC(=O)c2ccccc2)C(OC(=O)c2ccccc2)C1OC(=O)c1ccccc1. The topological polar surface area (TPSA) is 132 Å². The van der Waals surface area contributed by atoms with Crippen molar-refractivity contribution in [2.45, 2.75) is 118 Å². The Balaban J connectivity index is 1.92. The zero-order valence-corrected chi connectivity index (χ0v) is 37.5. The first kappa shape index (κ1) is 47.0. The van der Waals surface area contributed by atoms with Crippen LogP contribution in [0, 0.1) is 0 Å². The molecule has 1 saturated heterocycles. The summed E-state index contributed by atoms with van der Waals surface area (Å²) in [5, 5.41) is -0.311. The minimum absolute atomic E-state index is 0.0601. The van der Waals surface area contributed by atoms with Gasteiger partial charge >= 0.3 is 17.9 Å². The van der Waals surface area contributed by atoms with Crippen LogP contribution >= 0.6 is 11.8 Å². The van der Waals surface area contributed by atoms with E-state index in [1.54, 1.807) is 103 Å². The van der Waals surface area contributed by atoms with Gasteiger partial charge in [-0.15, -0.1) is 29.6 Å². The van der Waals surface area contributed by atoms with Gasteiger partial charge in [-0.1, -0.05) is 87.5 Å². The number of benzene rings is 3. The van der Waals surface area contributed by atoms with E-state index in [4.69, 9.17) is 23.4 Å². The van der Waals surface area contributed by atoms with Crippen LogP contribution in [0.1, 0.15) is 85.5 Å². The van der Waals surface area contributed by atoms with Crippen molar-refractivity contribution in [1.82, 2.24) is 4.72 Å². The van der Waals surface area contributed by atoms with Crippen molar-refractivity contribution in [2.24, 2.45) is 0 Å². The summed E-state index contributed by atoms with van der Waals surface area (Å²) in [6.07, 6.45) is -1.01. The van der Waals surface area contributed by atoms with E-state index in [2.05, 4.69) is 51.7 Å². The number of carbonyl (C=O) groups is 3. The number of nitrogens with one attached hydrogen (secondary N) is 1. The lowest BCUT2D eigenvalue weighted by Crippen LogP contribution is -2.66. The molecule has 13 heteroatoms. The van der Waals surface area contributed by atoms with E-state index < -0.39 is 78.2 Å². The molecule has 0 spiro atoms. The second-order valence-electron chi connectivity index (χ2n) is 16.7. The molecule has 1 aliphatic heterocycles. The van der Waals surface area contributed by atoms with Gasteiger partial charge in [-0.25, -0.2) is 14.4 Å². The molecule has 1 aliphatic rings. The molecule has 314 valence electrons. The molecular formula is C45H59NO9S2Si. The molecule has 0 aromatic heterocycles. The number of hydrogen-bond donors (Lipinski definition) is 1. The highest BCUT2D eigenvalue weighted by molar-refractivity contribution is 8.00. The van der Waals surface area contributed by atoms with Crippen LogP contribution in [0.2, 0.25) is 18.1 Å². The average Bonchev–Trinajstić information content (AvgIpc) is 3.18. The van der Waals surface area contributed by atoms with Gasteiger partial charge < -0.3 is 27.9 Å². The van der Waals surface area contributed by atoms with Crippen molar-refractivity contribution in [3.63, 3.8) is 0 Å². The molecule has 1 N–H and O–H groups in total. The second-order valence-corrected chi connectivity index (χ2v) is 24.9. The minimum Gasteiger partial charge on any atom is -0.598 e. The molecule has 58 heavy (non-hydrogen) atoms. The van der Waals surface area contributed by atoms with Crippen LogP contribution < -0.4 is 4.72 Å². The maximum atomic E-state index is 14.1. The highest BCUT2D eigenvalue weighted by Gasteiger charge is 2.56. The first-order valence-electron chi connectivity index (χ1n) is 19.5. The molecule has 0 radical (unpaired) electrons. The Morgan fingerprint density at radius 3 is 1.60 bits per heavy atom. The Labute approximate surface area is 352 Å². The summed E-state index contributed by atoms with van der Waals surface area (Å²) < 4.78 is 49.0. The van der Waals surface area contributed by atoms with Crippen molar-refractivity contribution < 1.29 is 42.3 Å². The van der Waals surface area contributed by atoms with E-state index in [0.29, 0.717) is 13.0 Å². The summed E-state index contributed by atoms with van der Waals surface area (Å²) in [5.41, 5.74) is -0.278. The van der Waals surface area contributed by atoms with Gasteiger partial charge in [-0.2, -0.15) is 0 Å².